The zero-order valence-corrected chi connectivity index (χ0v) is 39.4. The van der Waals surface area contributed by atoms with Gasteiger partial charge in [0.05, 0.1) is 26.4 Å². The molecule has 4 aromatic carbocycles. The van der Waals surface area contributed by atoms with E-state index in [-0.39, 0.29) is 13.2 Å². The summed E-state index contributed by atoms with van der Waals surface area (Å²) in [4.78, 5) is 24.5. The highest BCUT2D eigenvalue weighted by atomic mass is 16.7. The Morgan fingerprint density at radius 2 is 0.750 bits per heavy atom. The van der Waals surface area contributed by atoms with Crippen LogP contribution >= 0.6 is 0 Å². The summed E-state index contributed by atoms with van der Waals surface area (Å²) in [6.45, 7) is 12.8. The molecule has 0 unspecified atom stereocenters. The molecule has 12 nitrogen and oxygen atoms in total. The molecule has 2 aliphatic rings. The maximum Gasteiger partial charge on any atom is 0.305 e. The fourth-order valence-electron chi connectivity index (χ4n) is 8.15. The second-order valence-electron chi connectivity index (χ2n) is 16.8. The normalized spacial score (nSPS) is 24.9. The van der Waals surface area contributed by atoms with E-state index in [1.54, 1.807) is 12.2 Å². The molecule has 10 atom stereocenters. The van der Waals surface area contributed by atoms with Crippen molar-refractivity contribution in [3.05, 3.63) is 181 Å². The molecule has 0 aliphatic carbocycles. The number of hydrogen-bond acceptors (Lipinski definition) is 12. The van der Waals surface area contributed by atoms with E-state index < -0.39 is 73.4 Å². The van der Waals surface area contributed by atoms with Crippen LogP contribution in [-0.2, 0) is 83.4 Å². The summed E-state index contributed by atoms with van der Waals surface area (Å²) in [6.07, 6.45) is 5.86. The van der Waals surface area contributed by atoms with E-state index in [1.165, 1.54) is 13.8 Å². The van der Waals surface area contributed by atoms with Crippen molar-refractivity contribution in [3.63, 3.8) is 0 Å². The number of carbonyl (C=O) groups excluding carboxylic acids is 2. The lowest BCUT2D eigenvalue weighted by Gasteiger charge is -2.44. The molecule has 6 rings (SSSR count). The Bertz CT molecular complexity index is 1930. The summed E-state index contributed by atoms with van der Waals surface area (Å²) in [7, 11) is 0. The van der Waals surface area contributed by atoms with Gasteiger partial charge in [0.15, 0.2) is 0 Å². The third-order valence-electron chi connectivity index (χ3n) is 11.5. The van der Waals surface area contributed by atoms with Gasteiger partial charge in [-0.05, 0) is 60.8 Å². The molecule has 2 saturated heterocycles. The van der Waals surface area contributed by atoms with Gasteiger partial charge in [0.25, 0.3) is 0 Å². The first-order valence-electron chi connectivity index (χ1n) is 23.7. The lowest BCUT2D eigenvalue weighted by atomic mass is 9.97. The molecule has 2 fully saturated rings. The molecular weight excluding hydrogens is 865 g/mol. The highest BCUT2D eigenvalue weighted by molar-refractivity contribution is 5.66. The van der Waals surface area contributed by atoms with Crippen molar-refractivity contribution in [1.82, 2.24) is 0 Å². The Balaban J connectivity index is 0.987. The Morgan fingerprint density at radius 1 is 0.441 bits per heavy atom. The number of allylic oxidation sites excluding steroid dienone is 2. The highest BCUT2D eigenvalue weighted by Gasteiger charge is 2.50. The smallest absolute Gasteiger partial charge is 0.305 e. The van der Waals surface area contributed by atoms with Gasteiger partial charge in [0.1, 0.15) is 48.8 Å². The number of hydrogen-bond donors (Lipinski definition) is 0. The molecule has 0 aromatic heterocycles. The third kappa shape index (κ3) is 16.7. The van der Waals surface area contributed by atoms with Gasteiger partial charge in [-0.25, -0.2) is 0 Å². The van der Waals surface area contributed by atoms with E-state index in [4.69, 9.17) is 47.4 Å². The molecule has 364 valence electrons. The summed E-state index contributed by atoms with van der Waals surface area (Å²) in [6, 6.07) is 39.4. The van der Waals surface area contributed by atoms with Crippen LogP contribution in [0.5, 0.6) is 0 Å². The van der Waals surface area contributed by atoms with Crippen molar-refractivity contribution in [2.75, 3.05) is 13.2 Å². The van der Waals surface area contributed by atoms with Crippen molar-refractivity contribution >= 4 is 11.9 Å². The van der Waals surface area contributed by atoms with Gasteiger partial charge in [0, 0.05) is 27.1 Å². The summed E-state index contributed by atoms with van der Waals surface area (Å²) in [5, 5.41) is 0. The quantitative estimate of drug-likeness (QED) is 0.0306. The lowest BCUT2D eigenvalue weighted by molar-refractivity contribution is -0.305. The molecule has 12 heteroatoms. The predicted octanol–water partition coefficient (Wildman–Crippen LogP) is 9.94. The second kappa shape index (κ2) is 28.9. The molecule has 0 radical (unpaired) electrons. The number of carbonyl (C=O) groups is 2. The van der Waals surface area contributed by atoms with Crippen LogP contribution in [0.25, 0.3) is 0 Å². The fraction of sp³-hybridized carbons (Fsp3) is 0.429. The Labute approximate surface area is 402 Å². The molecule has 0 bridgehead atoms. The number of ether oxygens (including phenoxy) is 10. The van der Waals surface area contributed by atoms with Crippen LogP contribution in [0, 0.1) is 0 Å². The van der Waals surface area contributed by atoms with Crippen molar-refractivity contribution in [1.29, 1.82) is 0 Å². The number of rotatable bonds is 28. The summed E-state index contributed by atoms with van der Waals surface area (Å²) in [5.41, 5.74) is 3.91. The minimum atomic E-state index is -1.02. The van der Waals surface area contributed by atoms with E-state index in [9.17, 15) is 9.59 Å². The Hall–Kier alpha value is -5.28. The SMILES string of the molecule is C=C[C@H]1O[C@H](OC(C)=O)[C@H](OCc2ccccc2)[C@@H](OCc2ccccc2)[C@@H]1OCCCC/C=C/CCCCO[C@H]1[C@H](OCc2ccccc2)[C@@H](OCc2ccccc2)[C@@H](OC(C)=O)O[C@@H]1C=C. The molecular formula is C56H68O12. The maximum atomic E-state index is 12.2. The first kappa shape index (κ1) is 52.1. The Kier molecular flexibility index (Phi) is 22.1. The molecule has 0 spiro atoms. The lowest BCUT2D eigenvalue weighted by Crippen LogP contribution is -2.60. The first-order chi connectivity index (χ1) is 33.3. The summed E-state index contributed by atoms with van der Waals surface area (Å²) < 4.78 is 62.9. The average molecular weight is 933 g/mol. The monoisotopic (exact) mass is 932 g/mol. The van der Waals surface area contributed by atoms with Crippen LogP contribution in [0.15, 0.2) is 159 Å². The standard InChI is InChI=1S/C56H68O12/c1-5-47-49(51(61-37-43-27-17-13-18-28-43)53(55(67-47)65-41(3)57)63-39-45-31-21-15-22-32-45)59-35-25-11-9-7-8-10-12-26-36-60-50-48(6-2)68-56(66-42(4)58)54(64-40-46-33-23-16-24-34-46)52(50)62-38-44-29-19-14-20-30-44/h5-8,13-24,27-34,47-56H,1-2,9-12,25-26,35-40H2,3-4H3/b8-7+/t47-,48-,49-,50-,51+,52+,53-,54-,55+,56+/m1/s1. The van der Waals surface area contributed by atoms with E-state index in [1.807, 2.05) is 121 Å². The minimum Gasteiger partial charge on any atom is -0.433 e. The van der Waals surface area contributed by atoms with E-state index >= 15 is 0 Å². The van der Waals surface area contributed by atoms with Crippen LogP contribution in [0.4, 0.5) is 0 Å². The van der Waals surface area contributed by atoms with Gasteiger partial charge in [-0.15, -0.1) is 13.2 Å². The first-order valence-corrected chi connectivity index (χ1v) is 23.7. The molecule has 0 N–H and O–H groups in total. The van der Waals surface area contributed by atoms with Crippen molar-refractivity contribution in [2.24, 2.45) is 0 Å². The van der Waals surface area contributed by atoms with Crippen LogP contribution in [0.1, 0.15) is 74.6 Å². The van der Waals surface area contributed by atoms with Gasteiger partial charge in [-0.3, -0.25) is 9.59 Å². The predicted molar refractivity (Wildman–Crippen MR) is 258 cm³/mol. The number of unbranched alkanes of at least 4 members (excludes halogenated alkanes) is 4. The van der Waals surface area contributed by atoms with Crippen molar-refractivity contribution in [2.45, 2.75) is 140 Å². The van der Waals surface area contributed by atoms with E-state index in [2.05, 4.69) is 25.3 Å². The van der Waals surface area contributed by atoms with Crippen molar-refractivity contribution in [3.8, 4) is 0 Å². The molecule has 4 aromatic rings. The van der Waals surface area contributed by atoms with E-state index in [0.717, 1.165) is 60.8 Å². The number of benzene rings is 4. The molecule has 0 amide bonds. The van der Waals surface area contributed by atoms with Crippen LogP contribution in [0.2, 0.25) is 0 Å². The third-order valence-corrected chi connectivity index (χ3v) is 11.5. The van der Waals surface area contributed by atoms with Crippen molar-refractivity contribution < 1.29 is 57.0 Å². The van der Waals surface area contributed by atoms with Crippen LogP contribution < -0.4 is 0 Å². The molecule has 68 heavy (non-hydrogen) atoms. The zero-order chi connectivity index (χ0) is 47.8. The molecule has 2 heterocycles. The average Bonchev–Trinajstić information content (AvgIpc) is 3.35. The van der Waals surface area contributed by atoms with Gasteiger partial charge >= 0.3 is 11.9 Å². The van der Waals surface area contributed by atoms with Crippen LogP contribution in [0.3, 0.4) is 0 Å². The minimum absolute atomic E-state index is 0.267. The van der Waals surface area contributed by atoms with Gasteiger partial charge < -0.3 is 47.4 Å². The zero-order valence-electron chi connectivity index (χ0n) is 39.4. The highest BCUT2D eigenvalue weighted by Crippen LogP contribution is 2.33. The van der Waals surface area contributed by atoms with Gasteiger partial charge in [-0.1, -0.05) is 146 Å². The largest absolute Gasteiger partial charge is 0.433 e. The van der Waals surface area contributed by atoms with Gasteiger partial charge in [0.2, 0.25) is 12.6 Å². The topological polar surface area (TPSA) is 126 Å². The van der Waals surface area contributed by atoms with E-state index in [0.29, 0.717) is 26.4 Å². The van der Waals surface area contributed by atoms with Gasteiger partial charge in [-0.2, -0.15) is 0 Å². The number of esters is 2. The second-order valence-corrected chi connectivity index (χ2v) is 16.8. The molecule has 0 saturated carbocycles. The summed E-state index contributed by atoms with van der Waals surface area (Å²) >= 11 is 0. The maximum absolute atomic E-state index is 12.2. The Morgan fingerprint density at radius 3 is 1.04 bits per heavy atom. The van der Waals surface area contributed by atoms with Crippen LogP contribution in [-0.4, -0.2) is 86.6 Å². The molecule has 2 aliphatic heterocycles. The summed E-state index contributed by atoms with van der Waals surface area (Å²) in [5.74, 6) is -0.974. The fourth-order valence-corrected chi connectivity index (χ4v) is 8.15.